The highest BCUT2D eigenvalue weighted by Crippen LogP contribution is 2.11. The first-order valence-corrected chi connectivity index (χ1v) is 7.93. The zero-order valence-electron chi connectivity index (χ0n) is 14.2. The first-order chi connectivity index (χ1) is 11.1. The first-order valence-electron chi connectivity index (χ1n) is 7.93. The lowest BCUT2D eigenvalue weighted by Gasteiger charge is -2.25. The van der Waals surface area contributed by atoms with Gasteiger partial charge in [0.2, 0.25) is 11.8 Å². The van der Waals surface area contributed by atoms with Gasteiger partial charge < -0.3 is 10.6 Å². The Bertz CT molecular complexity index is 571. The average Bonchev–Trinajstić information content (AvgIpc) is 2.54. The monoisotopic (exact) mass is 444 g/mol. The van der Waals surface area contributed by atoms with Crippen molar-refractivity contribution in [3.63, 3.8) is 0 Å². The largest absolute Gasteiger partial charge is 0.355 e. The third kappa shape index (κ3) is 6.10. The third-order valence-electron chi connectivity index (χ3n) is 3.82. The molecule has 0 atom stereocenters. The topological polar surface area (TPSA) is 73.8 Å². The van der Waals surface area contributed by atoms with Crippen LogP contribution < -0.4 is 10.6 Å². The number of carbonyl (C=O) groups excluding carboxylic acids is 2. The number of hydrogen-bond donors (Lipinski definition) is 2. The maximum Gasteiger partial charge on any atom is 0.229 e. The fourth-order valence-electron chi connectivity index (χ4n) is 2.45. The first kappa shape index (κ1) is 20.4. The molecule has 1 aliphatic rings. The molecule has 132 valence electrons. The molecule has 1 fully saturated rings. The van der Waals surface area contributed by atoms with Gasteiger partial charge in [0.25, 0.3) is 0 Å². The van der Waals surface area contributed by atoms with Crippen LogP contribution in [0.15, 0.2) is 29.3 Å². The van der Waals surface area contributed by atoms with E-state index in [2.05, 4.69) is 46.8 Å². The van der Waals surface area contributed by atoms with E-state index < -0.39 is 0 Å². The summed E-state index contributed by atoms with van der Waals surface area (Å²) in [5.74, 6) is 0.499. The number of aliphatic imine (C=N–C) groups is 1. The molecule has 0 unspecified atom stereocenters. The van der Waals surface area contributed by atoms with Crippen LogP contribution >= 0.6 is 24.0 Å². The van der Waals surface area contributed by atoms with E-state index in [4.69, 9.17) is 0 Å². The van der Waals surface area contributed by atoms with Crippen LogP contribution in [0.3, 0.4) is 0 Å². The molecule has 1 saturated heterocycles. The molecular formula is C17H25IN4O2. The summed E-state index contributed by atoms with van der Waals surface area (Å²) in [5.41, 5.74) is 2.40. The molecule has 24 heavy (non-hydrogen) atoms. The van der Waals surface area contributed by atoms with Crippen molar-refractivity contribution in [1.29, 1.82) is 0 Å². The van der Waals surface area contributed by atoms with Gasteiger partial charge in [-0.15, -0.1) is 24.0 Å². The van der Waals surface area contributed by atoms with E-state index >= 15 is 0 Å². The highest BCUT2D eigenvalue weighted by molar-refractivity contribution is 14.0. The average molecular weight is 444 g/mol. The van der Waals surface area contributed by atoms with Crippen LogP contribution in [0, 0.1) is 6.92 Å². The zero-order valence-corrected chi connectivity index (χ0v) is 16.5. The summed E-state index contributed by atoms with van der Waals surface area (Å²) < 4.78 is 0. The Balaban J connectivity index is 0.00000288. The standard InChI is InChI=1S/C17H24N4O2.HI/c1-13-6-8-14(9-7-13)12-20-17(18-2)19-10-11-21-15(22)4-3-5-16(21)23;/h6-9H,3-5,10-12H2,1-2H3,(H2,18,19,20);1H. The van der Waals surface area contributed by atoms with Crippen LogP contribution in [-0.4, -0.2) is 42.8 Å². The van der Waals surface area contributed by atoms with Crippen molar-refractivity contribution in [2.75, 3.05) is 20.1 Å². The number of aryl methyl sites for hydroxylation is 1. The second-order valence-corrected chi connectivity index (χ2v) is 5.63. The fourth-order valence-corrected chi connectivity index (χ4v) is 2.45. The molecule has 0 saturated carbocycles. The van der Waals surface area contributed by atoms with Gasteiger partial charge >= 0.3 is 0 Å². The van der Waals surface area contributed by atoms with Crippen molar-refractivity contribution in [3.05, 3.63) is 35.4 Å². The van der Waals surface area contributed by atoms with Crippen molar-refractivity contribution >= 4 is 41.8 Å². The van der Waals surface area contributed by atoms with Gasteiger partial charge in [-0.25, -0.2) is 0 Å². The third-order valence-corrected chi connectivity index (χ3v) is 3.82. The van der Waals surface area contributed by atoms with Gasteiger partial charge in [0.05, 0.1) is 0 Å². The van der Waals surface area contributed by atoms with Crippen LogP contribution in [0.2, 0.25) is 0 Å². The molecule has 0 aromatic heterocycles. The number of nitrogens with zero attached hydrogens (tertiary/aromatic N) is 2. The molecule has 2 N–H and O–H groups in total. The normalized spacial score (nSPS) is 15.1. The van der Waals surface area contributed by atoms with Crippen LogP contribution in [0.5, 0.6) is 0 Å². The molecule has 0 radical (unpaired) electrons. The van der Waals surface area contributed by atoms with E-state index in [1.54, 1.807) is 7.05 Å². The lowest BCUT2D eigenvalue weighted by Crippen LogP contribution is -2.46. The van der Waals surface area contributed by atoms with Crippen molar-refractivity contribution in [2.45, 2.75) is 32.7 Å². The second kappa shape index (κ2) is 10.3. The fraction of sp³-hybridized carbons (Fsp3) is 0.471. The Morgan fingerprint density at radius 1 is 1.12 bits per heavy atom. The predicted molar refractivity (Wildman–Crippen MR) is 105 cm³/mol. The number of nitrogens with one attached hydrogen (secondary N) is 2. The molecular weight excluding hydrogens is 419 g/mol. The number of carbonyl (C=O) groups is 2. The molecule has 7 heteroatoms. The minimum absolute atomic E-state index is 0. The summed E-state index contributed by atoms with van der Waals surface area (Å²) in [7, 11) is 1.70. The van der Waals surface area contributed by atoms with Gasteiger partial charge in [0, 0.05) is 39.5 Å². The number of piperidine rings is 1. The van der Waals surface area contributed by atoms with Gasteiger partial charge in [-0.05, 0) is 18.9 Å². The summed E-state index contributed by atoms with van der Waals surface area (Å²) in [5, 5.41) is 6.35. The zero-order chi connectivity index (χ0) is 16.7. The lowest BCUT2D eigenvalue weighted by atomic mass is 10.1. The number of hydrogen-bond acceptors (Lipinski definition) is 3. The lowest BCUT2D eigenvalue weighted by molar-refractivity contribution is -0.147. The van der Waals surface area contributed by atoms with E-state index in [-0.39, 0.29) is 35.8 Å². The number of halogens is 1. The quantitative estimate of drug-likeness (QED) is 0.315. The number of benzene rings is 1. The van der Waals surface area contributed by atoms with Crippen molar-refractivity contribution in [2.24, 2.45) is 4.99 Å². The summed E-state index contributed by atoms with van der Waals surface area (Å²) in [6.07, 6.45) is 1.60. The Morgan fingerprint density at radius 3 is 2.33 bits per heavy atom. The number of likely N-dealkylation sites (tertiary alicyclic amines) is 1. The molecule has 2 rings (SSSR count). The van der Waals surface area contributed by atoms with Crippen LogP contribution in [0.1, 0.15) is 30.4 Å². The van der Waals surface area contributed by atoms with Gasteiger partial charge in [-0.1, -0.05) is 29.8 Å². The summed E-state index contributed by atoms with van der Waals surface area (Å²) in [4.78, 5) is 28.9. The van der Waals surface area contributed by atoms with Gasteiger partial charge in [0.15, 0.2) is 5.96 Å². The van der Waals surface area contributed by atoms with E-state index in [0.717, 1.165) is 0 Å². The Hall–Kier alpha value is -1.64. The van der Waals surface area contributed by atoms with Gasteiger partial charge in [0.1, 0.15) is 0 Å². The highest BCUT2D eigenvalue weighted by atomic mass is 127. The van der Waals surface area contributed by atoms with E-state index in [9.17, 15) is 9.59 Å². The number of amides is 2. The maximum absolute atomic E-state index is 11.7. The second-order valence-electron chi connectivity index (χ2n) is 5.63. The molecule has 0 spiro atoms. The van der Waals surface area contributed by atoms with E-state index in [0.29, 0.717) is 44.9 Å². The molecule has 0 bridgehead atoms. The molecule has 1 aliphatic heterocycles. The van der Waals surface area contributed by atoms with Gasteiger partial charge in [-0.3, -0.25) is 19.5 Å². The molecule has 6 nitrogen and oxygen atoms in total. The summed E-state index contributed by atoms with van der Waals surface area (Å²) >= 11 is 0. The molecule has 1 heterocycles. The molecule has 1 aromatic carbocycles. The predicted octanol–water partition coefficient (Wildman–Crippen LogP) is 1.82. The van der Waals surface area contributed by atoms with E-state index in [1.165, 1.54) is 16.0 Å². The number of guanidine groups is 1. The number of imide groups is 1. The van der Waals surface area contributed by atoms with Crippen molar-refractivity contribution in [3.8, 4) is 0 Å². The minimum Gasteiger partial charge on any atom is -0.355 e. The molecule has 1 aromatic rings. The minimum atomic E-state index is -0.0781. The highest BCUT2D eigenvalue weighted by Gasteiger charge is 2.25. The van der Waals surface area contributed by atoms with E-state index in [1.807, 2.05) is 0 Å². The Morgan fingerprint density at radius 2 is 1.75 bits per heavy atom. The Kier molecular flexibility index (Phi) is 8.73. The van der Waals surface area contributed by atoms with Crippen molar-refractivity contribution in [1.82, 2.24) is 15.5 Å². The van der Waals surface area contributed by atoms with Gasteiger partial charge in [-0.2, -0.15) is 0 Å². The smallest absolute Gasteiger partial charge is 0.229 e. The molecule has 0 aliphatic carbocycles. The van der Waals surface area contributed by atoms with Crippen molar-refractivity contribution < 1.29 is 9.59 Å². The van der Waals surface area contributed by atoms with Crippen LogP contribution in [0.25, 0.3) is 0 Å². The number of rotatable bonds is 5. The van der Waals surface area contributed by atoms with Crippen LogP contribution in [-0.2, 0) is 16.1 Å². The molecule has 2 amide bonds. The Labute approximate surface area is 160 Å². The SMILES string of the molecule is CN=C(NCCN1C(=O)CCCC1=O)NCc1ccc(C)cc1.I. The van der Waals surface area contributed by atoms with Crippen LogP contribution in [0.4, 0.5) is 0 Å². The summed E-state index contributed by atoms with van der Waals surface area (Å²) in [6.45, 7) is 3.59. The maximum atomic E-state index is 11.7. The summed E-state index contributed by atoms with van der Waals surface area (Å²) in [6, 6.07) is 8.28.